The summed E-state index contributed by atoms with van der Waals surface area (Å²) in [5.74, 6) is 0. The van der Waals surface area contributed by atoms with Crippen molar-refractivity contribution in [3.8, 4) is 33.4 Å². The maximum Gasteiger partial charge on any atom is 0.136 e. The molecule has 200 valence electrons. The molecule has 1 nitrogen and oxygen atoms in total. The van der Waals surface area contributed by atoms with E-state index >= 15 is 0 Å². The van der Waals surface area contributed by atoms with Crippen LogP contribution in [0.3, 0.4) is 0 Å². The lowest BCUT2D eigenvalue weighted by Gasteiger charge is -2.19. The maximum absolute atomic E-state index is 9.77. The second-order valence-electron chi connectivity index (χ2n) is 10.2. The molecule has 9 rings (SSSR count). The van der Waals surface area contributed by atoms with Crippen LogP contribution in [0, 0.1) is 0 Å². The molecule has 0 saturated carbocycles. The summed E-state index contributed by atoms with van der Waals surface area (Å²) in [6.07, 6.45) is 0. The van der Waals surface area contributed by atoms with Crippen molar-refractivity contribution in [3.63, 3.8) is 0 Å². The third kappa shape index (κ3) is 3.58. The number of hydrogen-bond donors (Lipinski definition) is 0. The molecule has 0 saturated heterocycles. The minimum atomic E-state index is -0.667. The van der Waals surface area contributed by atoms with Gasteiger partial charge in [0.2, 0.25) is 0 Å². The second kappa shape index (κ2) is 9.44. The molecule has 43 heavy (non-hydrogen) atoms. The van der Waals surface area contributed by atoms with Crippen LogP contribution < -0.4 is 0 Å². The van der Waals surface area contributed by atoms with Gasteiger partial charge in [-0.2, -0.15) is 0 Å². The third-order valence-corrected chi connectivity index (χ3v) is 7.94. The van der Waals surface area contributed by atoms with Crippen LogP contribution >= 0.6 is 0 Å². The van der Waals surface area contributed by atoms with Crippen LogP contribution in [0.15, 0.2) is 162 Å². The van der Waals surface area contributed by atoms with Crippen molar-refractivity contribution in [2.24, 2.45) is 0 Å². The number of rotatable bonds is 3. The van der Waals surface area contributed by atoms with Crippen molar-refractivity contribution < 1.29 is 22.2 Å². The Bertz CT molecular complexity index is 3170. The Morgan fingerprint density at radius 1 is 0.372 bits per heavy atom. The van der Waals surface area contributed by atoms with Gasteiger partial charge in [0.25, 0.3) is 0 Å². The summed E-state index contributed by atoms with van der Waals surface area (Å²) < 4.78 is 122. The van der Waals surface area contributed by atoms with E-state index in [2.05, 4.69) is 0 Å². The van der Waals surface area contributed by atoms with Crippen molar-refractivity contribution in [1.29, 1.82) is 0 Å². The molecule has 0 aliphatic rings. The number of hydrogen-bond acceptors (Lipinski definition) is 1. The Morgan fingerprint density at radius 3 is 1.60 bits per heavy atom. The Morgan fingerprint density at radius 2 is 0.907 bits per heavy atom. The Kier molecular flexibility index (Phi) is 3.18. The minimum Gasteiger partial charge on any atom is -0.456 e. The van der Waals surface area contributed by atoms with E-state index in [9.17, 15) is 6.85 Å². The highest BCUT2D eigenvalue weighted by Gasteiger charge is 2.20. The Balaban J connectivity index is 1.55. The molecule has 0 spiro atoms. The van der Waals surface area contributed by atoms with Crippen molar-refractivity contribution in [3.05, 3.63) is 157 Å². The quantitative estimate of drug-likeness (QED) is 0.196. The summed E-state index contributed by atoms with van der Waals surface area (Å²) in [6.45, 7) is 0. The number of furan rings is 1. The molecule has 9 aromatic rings. The van der Waals surface area contributed by atoms with Gasteiger partial charge in [0, 0.05) is 10.8 Å². The van der Waals surface area contributed by atoms with Crippen LogP contribution in [-0.2, 0) is 0 Å². The van der Waals surface area contributed by atoms with Gasteiger partial charge in [-0.05, 0) is 77.8 Å². The monoisotopic (exact) mass is 559 g/mol. The van der Waals surface area contributed by atoms with E-state index in [-0.39, 0.29) is 49.4 Å². The molecule has 0 aliphatic heterocycles. The van der Waals surface area contributed by atoms with Crippen LogP contribution in [0.2, 0.25) is 0 Å². The SMILES string of the molecule is [2H]c1c([2H])c([2H])c2c(oc3c([2H])c([2H])c([2H])c(-c4c([2H])c([2H])c(-c5c6ccccc6c(-c6ccccc6)c6ccccc56)c5c([2H])c([2H])c([2H])c([2H])c45)c32)c1[2H]. The summed E-state index contributed by atoms with van der Waals surface area (Å²) in [7, 11) is 0. The Labute approximate surface area is 267 Å². The lowest BCUT2D eigenvalue weighted by Crippen LogP contribution is -1.92. The zero-order valence-electron chi connectivity index (χ0n) is 35.4. The van der Waals surface area contributed by atoms with Gasteiger partial charge < -0.3 is 4.42 Å². The van der Waals surface area contributed by atoms with Gasteiger partial charge in [-0.15, -0.1) is 0 Å². The fraction of sp³-hybridized carbons (Fsp3) is 0. The fourth-order valence-electron chi connectivity index (χ4n) is 6.17. The van der Waals surface area contributed by atoms with Crippen molar-refractivity contribution in [2.75, 3.05) is 0 Å². The highest BCUT2D eigenvalue weighted by Crippen LogP contribution is 2.47. The van der Waals surface area contributed by atoms with E-state index in [1.165, 1.54) is 0 Å². The summed E-state index contributed by atoms with van der Waals surface area (Å²) in [4.78, 5) is 0. The van der Waals surface area contributed by atoms with E-state index in [0.29, 0.717) is 16.3 Å². The molecule has 1 heterocycles. The Hall–Kier alpha value is -5.66. The zero-order valence-corrected chi connectivity index (χ0v) is 22.4. The second-order valence-corrected chi connectivity index (χ2v) is 10.2. The van der Waals surface area contributed by atoms with Crippen molar-refractivity contribution in [2.45, 2.75) is 0 Å². The molecule has 8 aromatic carbocycles. The molecule has 0 amide bonds. The predicted molar refractivity (Wildman–Crippen MR) is 183 cm³/mol. The van der Waals surface area contributed by atoms with Gasteiger partial charge in [-0.25, -0.2) is 0 Å². The largest absolute Gasteiger partial charge is 0.456 e. The summed E-state index contributed by atoms with van der Waals surface area (Å²) in [5.41, 5.74) is 1.01. The molecule has 0 fully saturated rings. The van der Waals surface area contributed by atoms with Gasteiger partial charge in [0.15, 0.2) is 0 Å². The molecule has 0 unspecified atom stereocenters. The van der Waals surface area contributed by atoms with Gasteiger partial charge in [0.1, 0.15) is 11.2 Å². The highest BCUT2D eigenvalue weighted by atomic mass is 16.3. The smallest absolute Gasteiger partial charge is 0.136 e. The van der Waals surface area contributed by atoms with Gasteiger partial charge in [-0.3, -0.25) is 0 Å². The van der Waals surface area contributed by atoms with Crippen LogP contribution in [0.25, 0.3) is 87.6 Å². The average molecular weight is 560 g/mol. The van der Waals surface area contributed by atoms with E-state index in [1.54, 1.807) is 0 Å². The normalized spacial score (nSPS) is 16.0. The van der Waals surface area contributed by atoms with Gasteiger partial charge in [-0.1, -0.05) is 145 Å². The topological polar surface area (TPSA) is 13.1 Å². The van der Waals surface area contributed by atoms with E-state index in [1.807, 2.05) is 78.9 Å². The first-order chi connectivity index (χ1) is 26.8. The van der Waals surface area contributed by atoms with Crippen LogP contribution in [-0.4, -0.2) is 0 Å². The van der Waals surface area contributed by atoms with Gasteiger partial charge in [0.05, 0.1) is 17.8 Å². The average Bonchev–Trinajstić information content (AvgIpc) is 3.61. The van der Waals surface area contributed by atoms with Gasteiger partial charge >= 0.3 is 0 Å². The molecule has 0 bridgehead atoms. The van der Waals surface area contributed by atoms with E-state index in [0.717, 1.165) is 21.9 Å². The number of fused-ring (bicyclic) bond motifs is 6. The molecule has 0 N–H and O–H groups in total. The molecule has 1 heteroatoms. The number of benzene rings is 8. The molecular weight excluding hydrogens is 520 g/mol. The van der Waals surface area contributed by atoms with Crippen LogP contribution in [0.1, 0.15) is 17.8 Å². The first-order valence-corrected chi connectivity index (χ1v) is 13.7. The number of para-hydroxylation sites is 1. The lowest BCUT2D eigenvalue weighted by atomic mass is 9.83. The van der Waals surface area contributed by atoms with Crippen LogP contribution in [0.5, 0.6) is 0 Å². The van der Waals surface area contributed by atoms with Crippen molar-refractivity contribution in [1.82, 2.24) is 0 Å². The molecule has 1 aromatic heterocycles. The zero-order chi connectivity index (χ0) is 39.6. The predicted octanol–water partition coefficient (Wildman–Crippen LogP) is 12.0. The lowest BCUT2D eigenvalue weighted by molar-refractivity contribution is 0.669. The molecule has 0 radical (unpaired) electrons. The third-order valence-electron chi connectivity index (χ3n) is 7.94. The van der Waals surface area contributed by atoms with E-state index in [4.69, 9.17) is 15.4 Å². The first kappa shape index (κ1) is 14.5. The highest BCUT2D eigenvalue weighted by molar-refractivity contribution is 6.24. The maximum atomic E-state index is 9.77. The fourth-order valence-corrected chi connectivity index (χ4v) is 6.17. The standard InChI is InChI=1S/C42H26O/c1-2-13-27(14-3-1)40-32-17-6-8-19-34(32)41(35-20-9-7-18-33(35)40)36-26-25-30(28-15-4-5-16-29(28)36)31-22-12-24-39-42(31)37-21-10-11-23-38(37)43-39/h1-26H/i4D,5D,10D,11D,12D,15D,16D,21D,22D,23D,24D,25D,26D. The van der Waals surface area contributed by atoms with Crippen molar-refractivity contribution >= 4 is 54.3 Å². The first-order valence-electron chi connectivity index (χ1n) is 20.2. The van der Waals surface area contributed by atoms with E-state index < -0.39 is 78.6 Å². The molecule has 0 atom stereocenters. The summed E-state index contributed by atoms with van der Waals surface area (Å²) >= 11 is 0. The molecule has 0 aliphatic carbocycles. The minimum absolute atomic E-state index is 0.0534. The summed E-state index contributed by atoms with van der Waals surface area (Å²) in [5, 5.41) is 2.16. The summed E-state index contributed by atoms with van der Waals surface area (Å²) in [6, 6.07) is 17.3. The molecular formula is C42H26O. The van der Waals surface area contributed by atoms with Crippen LogP contribution in [0.4, 0.5) is 0 Å².